The number of carbonyl (C=O) groups is 3. The molecule has 3 rings (SSSR count). The summed E-state index contributed by atoms with van der Waals surface area (Å²) in [4.78, 5) is 39.0. The quantitative estimate of drug-likeness (QED) is 0.820. The number of carbonyl (C=O) groups excluding carboxylic acids is 3. The Kier molecular flexibility index (Phi) is 5.23. The Morgan fingerprint density at radius 2 is 1.71 bits per heavy atom. The SMILES string of the molecule is CC(C)c1ccc(C(=O)OCC(=O)N2c3ccccc3NC(=O)C2(C)C)cc1. The molecule has 6 heteroatoms. The van der Waals surface area contributed by atoms with Gasteiger partial charge < -0.3 is 10.1 Å². The molecule has 0 fully saturated rings. The molecule has 2 aromatic rings. The second-order valence-corrected chi connectivity index (χ2v) is 7.61. The zero-order chi connectivity index (χ0) is 20.5. The fraction of sp³-hybridized carbons (Fsp3) is 0.318. The highest BCUT2D eigenvalue weighted by Crippen LogP contribution is 2.36. The summed E-state index contributed by atoms with van der Waals surface area (Å²) in [6.45, 7) is 7.00. The lowest BCUT2D eigenvalue weighted by Crippen LogP contribution is -2.59. The van der Waals surface area contributed by atoms with Crippen molar-refractivity contribution in [3.05, 3.63) is 59.7 Å². The van der Waals surface area contributed by atoms with E-state index in [0.717, 1.165) is 5.56 Å². The Labute approximate surface area is 164 Å². The molecule has 1 N–H and O–H groups in total. The summed E-state index contributed by atoms with van der Waals surface area (Å²) >= 11 is 0. The third kappa shape index (κ3) is 3.63. The number of hydrogen-bond donors (Lipinski definition) is 1. The van der Waals surface area contributed by atoms with Gasteiger partial charge in [-0.3, -0.25) is 14.5 Å². The van der Waals surface area contributed by atoms with Crippen LogP contribution in [-0.4, -0.2) is 29.9 Å². The Morgan fingerprint density at radius 1 is 1.07 bits per heavy atom. The number of hydrogen-bond acceptors (Lipinski definition) is 4. The van der Waals surface area contributed by atoms with Crippen LogP contribution in [0.15, 0.2) is 48.5 Å². The highest BCUT2D eigenvalue weighted by molar-refractivity contribution is 6.14. The number of amides is 2. The van der Waals surface area contributed by atoms with Gasteiger partial charge in [0.15, 0.2) is 6.61 Å². The van der Waals surface area contributed by atoms with Crippen molar-refractivity contribution in [3.8, 4) is 0 Å². The van der Waals surface area contributed by atoms with Gasteiger partial charge in [0, 0.05) is 0 Å². The predicted molar refractivity (Wildman–Crippen MR) is 107 cm³/mol. The van der Waals surface area contributed by atoms with Crippen LogP contribution >= 0.6 is 0 Å². The van der Waals surface area contributed by atoms with Gasteiger partial charge >= 0.3 is 5.97 Å². The third-order valence-electron chi connectivity index (χ3n) is 4.90. The summed E-state index contributed by atoms with van der Waals surface area (Å²) in [5.74, 6) is -0.968. The minimum atomic E-state index is -1.10. The maximum atomic E-state index is 12.9. The van der Waals surface area contributed by atoms with Crippen LogP contribution in [0.4, 0.5) is 11.4 Å². The van der Waals surface area contributed by atoms with Gasteiger partial charge in [-0.05, 0) is 49.6 Å². The number of ether oxygens (including phenoxy) is 1. The first-order valence-corrected chi connectivity index (χ1v) is 9.22. The van der Waals surface area contributed by atoms with Gasteiger partial charge in [-0.15, -0.1) is 0 Å². The van der Waals surface area contributed by atoms with E-state index in [2.05, 4.69) is 19.2 Å². The Morgan fingerprint density at radius 3 is 2.36 bits per heavy atom. The summed E-state index contributed by atoms with van der Waals surface area (Å²) in [6, 6.07) is 14.2. The molecule has 0 atom stereocenters. The molecule has 2 amide bonds. The smallest absolute Gasteiger partial charge is 0.338 e. The second kappa shape index (κ2) is 7.46. The normalized spacial score (nSPS) is 15.0. The summed E-state index contributed by atoms with van der Waals surface area (Å²) in [6.07, 6.45) is 0. The van der Waals surface area contributed by atoms with Crippen molar-refractivity contribution in [2.24, 2.45) is 0 Å². The molecule has 0 spiro atoms. The van der Waals surface area contributed by atoms with Gasteiger partial charge in [0.25, 0.3) is 5.91 Å². The molecule has 1 aliphatic rings. The first kappa shape index (κ1) is 19.6. The van der Waals surface area contributed by atoms with Crippen LogP contribution in [0.2, 0.25) is 0 Å². The van der Waals surface area contributed by atoms with Crippen molar-refractivity contribution >= 4 is 29.2 Å². The maximum absolute atomic E-state index is 12.9. The average Bonchev–Trinajstić information content (AvgIpc) is 2.66. The standard InChI is InChI=1S/C22H24N2O4/c1-14(2)15-9-11-16(12-10-15)20(26)28-13-19(25)24-18-8-6-5-7-17(18)23-21(27)22(24,3)4/h5-12,14H,13H2,1-4H3,(H,23,27). The summed E-state index contributed by atoms with van der Waals surface area (Å²) < 4.78 is 5.23. The Bertz CT molecular complexity index is 916. The second-order valence-electron chi connectivity index (χ2n) is 7.61. The van der Waals surface area contributed by atoms with Gasteiger partial charge in [0.1, 0.15) is 5.54 Å². The zero-order valence-corrected chi connectivity index (χ0v) is 16.5. The largest absolute Gasteiger partial charge is 0.452 e. The molecular formula is C22H24N2O4. The molecule has 0 radical (unpaired) electrons. The van der Waals surface area contributed by atoms with Crippen LogP contribution in [0, 0.1) is 0 Å². The predicted octanol–water partition coefficient (Wildman–Crippen LogP) is 3.73. The molecule has 0 aromatic heterocycles. The summed E-state index contributed by atoms with van der Waals surface area (Å²) in [5.41, 5.74) is 1.53. The third-order valence-corrected chi connectivity index (χ3v) is 4.90. The molecule has 6 nitrogen and oxygen atoms in total. The van der Waals surface area contributed by atoms with Crippen molar-refractivity contribution in [2.45, 2.75) is 39.2 Å². The van der Waals surface area contributed by atoms with Crippen LogP contribution in [0.25, 0.3) is 0 Å². The number of esters is 1. The molecule has 0 saturated heterocycles. The lowest BCUT2D eigenvalue weighted by Gasteiger charge is -2.41. The van der Waals surface area contributed by atoms with Gasteiger partial charge in [-0.1, -0.05) is 38.1 Å². The van der Waals surface area contributed by atoms with Crippen LogP contribution in [0.1, 0.15) is 49.5 Å². The average molecular weight is 380 g/mol. The Balaban J connectivity index is 1.75. The van der Waals surface area contributed by atoms with Crippen molar-refractivity contribution in [1.29, 1.82) is 0 Å². The number of para-hydroxylation sites is 2. The van der Waals surface area contributed by atoms with Crippen LogP contribution in [0.3, 0.4) is 0 Å². The fourth-order valence-electron chi connectivity index (χ4n) is 3.18. The van der Waals surface area contributed by atoms with E-state index >= 15 is 0 Å². The van der Waals surface area contributed by atoms with Crippen molar-refractivity contribution < 1.29 is 19.1 Å². The van der Waals surface area contributed by atoms with Crippen molar-refractivity contribution in [2.75, 3.05) is 16.8 Å². The molecule has 1 heterocycles. The van der Waals surface area contributed by atoms with E-state index < -0.39 is 24.0 Å². The molecule has 146 valence electrons. The number of rotatable bonds is 4. The van der Waals surface area contributed by atoms with E-state index in [0.29, 0.717) is 22.9 Å². The monoisotopic (exact) mass is 380 g/mol. The molecular weight excluding hydrogens is 356 g/mol. The molecule has 0 saturated carbocycles. The van der Waals surface area contributed by atoms with E-state index in [1.807, 2.05) is 12.1 Å². The van der Waals surface area contributed by atoms with Gasteiger partial charge in [0.2, 0.25) is 5.91 Å². The van der Waals surface area contributed by atoms with Crippen molar-refractivity contribution in [3.63, 3.8) is 0 Å². The van der Waals surface area contributed by atoms with Crippen molar-refractivity contribution in [1.82, 2.24) is 0 Å². The van der Waals surface area contributed by atoms with E-state index in [-0.39, 0.29) is 5.91 Å². The first-order chi connectivity index (χ1) is 13.2. The van der Waals surface area contributed by atoms with Gasteiger partial charge in [-0.25, -0.2) is 4.79 Å². The molecule has 1 aliphatic heterocycles. The number of fused-ring (bicyclic) bond motifs is 1. The van der Waals surface area contributed by atoms with E-state index in [1.54, 1.807) is 50.2 Å². The number of nitrogens with one attached hydrogen (secondary N) is 1. The number of benzene rings is 2. The lowest BCUT2D eigenvalue weighted by atomic mass is 9.96. The van der Waals surface area contributed by atoms with E-state index in [4.69, 9.17) is 4.74 Å². The lowest BCUT2D eigenvalue weighted by molar-refractivity contribution is -0.128. The molecule has 28 heavy (non-hydrogen) atoms. The van der Waals surface area contributed by atoms with Crippen LogP contribution in [0.5, 0.6) is 0 Å². The minimum Gasteiger partial charge on any atom is -0.452 e. The summed E-state index contributed by atoms with van der Waals surface area (Å²) in [7, 11) is 0. The highest BCUT2D eigenvalue weighted by atomic mass is 16.5. The highest BCUT2D eigenvalue weighted by Gasteiger charge is 2.43. The molecule has 0 aliphatic carbocycles. The van der Waals surface area contributed by atoms with Crippen LogP contribution < -0.4 is 10.2 Å². The molecule has 2 aromatic carbocycles. The van der Waals surface area contributed by atoms with E-state index in [1.165, 1.54) is 4.90 Å². The minimum absolute atomic E-state index is 0.296. The van der Waals surface area contributed by atoms with Gasteiger partial charge in [-0.2, -0.15) is 0 Å². The molecule has 0 bridgehead atoms. The van der Waals surface area contributed by atoms with Gasteiger partial charge in [0.05, 0.1) is 16.9 Å². The van der Waals surface area contributed by atoms with E-state index in [9.17, 15) is 14.4 Å². The number of nitrogens with zero attached hydrogens (tertiary/aromatic N) is 1. The summed E-state index contributed by atoms with van der Waals surface area (Å²) in [5, 5.41) is 2.80. The zero-order valence-electron chi connectivity index (χ0n) is 16.5. The molecule has 0 unspecified atom stereocenters. The number of anilines is 2. The fourth-order valence-corrected chi connectivity index (χ4v) is 3.18. The topological polar surface area (TPSA) is 75.7 Å². The maximum Gasteiger partial charge on any atom is 0.338 e. The Hall–Kier alpha value is -3.15. The van der Waals surface area contributed by atoms with Crippen LogP contribution in [-0.2, 0) is 14.3 Å². The first-order valence-electron chi connectivity index (χ1n) is 9.22.